The van der Waals surface area contributed by atoms with Crippen molar-refractivity contribution in [3.63, 3.8) is 0 Å². The Morgan fingerprint density at radius 1 is 0.720 bits per heavy atom. The maximum absolute atomic E-state index is 4.41. The highest BCUT2D eigenvalue weighted by atomic mass is 15.1. The lowest BCUT2D eigenvalue weighted by atomic mass is 10.1. The molecule has 1 heterocycles. The summed E-state index contributed by atoms with van der Waals surface area (Å²) in [6, 6.07) is 23.3. The molecule has 128 valence electrons. The zero-order chi connectivity index (χ0) is 17.6. The Morgan fingerprint density at radius 2 is 1.28 bits per heavy atom. The summed E-state index contributed by atoms with van der Waals surface area (Å²) in [5.74, 6) is 0. The summed E-state index contributed by atoms with van der Waals surface area (Å²) in [7, 11) is 2.10. The van der Waals surface area contributed by atoms with E-state index in [9.17, 15) is 0 Å². The van der Waals surface area contributed by atoms with Gasteiger partial charge in [0, 0.05) is 49.0 Å². The fraction of sp³-hybridized carbons (Fsp3) is 0.227. The molecule has 0 N–H and O–H groups in total. The normalized spacial score (nSPS) is 10.5. The van der Waals surface area contributed by atoms with Gasteiger partial charge in [0.1, 0.15) is 0 Å². The van der Waals surface area contributed by atoms with E-state index in [2.05, 4.69) is 84.2 Å². The van der Waals surface area contributed by atoms with Crippen LogP contribution in [0.2, 0.25) is 0 Å². The van der Waals surface area contributed by atoms with Crippen LogP contribution >= 0.6 is 0 Å². The molecule has 3 rings (SSSR count). The van der Waals surface area contributed by atoms with Crippen LogP contribution in [0.4, 0.5) is 17.1 Å². The minimum atomic E-state index is 1.00. The molecule has 0 saturated heterocycles. The van der Waals surface area contributed by atoms with Gasteiger partial charge < -0.3 is 9.80 Å². The molecule has 0 amide bonds. The van der Waals surface area contributed by atoms with Crippen LogP contribution < -0.4 is 9.80 Å². The Bertz CT molecular complexity index is 776. The highest BCUT2D eigenvalue weighted by Gasteiger charge is 2.07. The molecule has 0 saturated carbocycles. The molecule has 25 heavy (non-hydrogen) atoms. The molecular formula is C22H25N3. The number of nitrogens with zero attached hydrogens (tertiary/aromatic N) is 3. The fourth-order valence-corrected chi connectivity index (χ4v) is 3.01. The van der Waals surface area contributed by atoms with Crippen LogP contribution in [-0.2, 0) is 0 Å². The van der Waals surface area contributed by atoms with E-state index in [1.165, 1.54) is 11.4 Å². The smallest absolute Gasteiger partial charge is 0.0701 e. The molecule has 0 radical (unpaired) electrons. The van der Waals surface area contributed by atoms with Gasteiger partial charge in [-0.25, -0.2) is 0 Å². The third-order valence-electron chi connectivity index (χ3n) is 4.58. The summed E-state index contributed by atoms with van der Waals surface area (Å²) < 4.78 is 0. The first-order valence-electron chi connectivity index (χ1n) is 8.83. The number of benzene rings is 2. The lowest BCUT2D eigenvalue weighted by Gasteiger charge is -2.24. The average molecular weight is 331 g/mol. The third-order valence-corrected chi connectivity index (χ3v) is 4.58. The lowest BCUT2D eigenvalue weighted by Crippen LogP contribution is -2.21. The fourth-order valence-electron chi connectivity index (χ4n) is 3.01. The Hall–Kier alpha value is -2.81. The van der Waals surface area contributed by atoms with Crippen LogP contribution in [0.15, 0.2) is 72.9 Å². The molecule has 0 unspecified atom stereocenters. The second-order valence-corrected chi connectivity index (χ2v) is 6.01. The maximum Gasteiger partial charge on any atom is 0.0701 e. The quantitative estimate of drug-likeness (QED) is 0.606. The second-order valence-electron chi connectivity index (χ2n) is 6.01. The highest BCUT2D eigenvalue weighted by Crippen LogP contribution is 2.28. The molecule has 0 aliphatic heterocycles. The summed E-state index contributed by atoms with van der Waals surface area (Å²) in [4.78, 5) is 8.96. The van der Waals surface area contributed by atoms with Gasteiger partial charge in [0.25, 0.3) is 0 Å². The van der Waals surface area contributed by atoms with E-state index in [-0.39, 0.29) is 0 Å². The summed E-state index contributed by atoms with van der Waals surface area (Å²) in [6.07, 6.45) is 1.83. The van der Waals surface area contributed by atoms with E-state index in [0.717, 1.165) is 30.0 Å². The van der Waals surface area contributed by atoms with Crippen molar-refractivity contribution < 1.29 is 0 Å². The summed E-state index contributed by atoms with van der Waals surface area (Å²) in [6.45, 7) is 6.43. The SMILES string of the molecule is CCN(CC)c1ccc(N(C)c2ccc(-c3ccccn3)cc2)cc1. The van der Waals surface area contributed by atoms with E-state index < -0.39 is 0 Å². The van der Waals surface area contributed by atoms with Gasteiger partial charge in [-0.15, -0.1) is 0 Å². The van der Waals surface area contributed by atoms with Gasteiger partial charge in [-0.3, -0.25) is 4.98 Å². The topological polar surface area (TPSA) is 19.4 Å². The molecule has 1 aromatic heterocycles. The van der Waals surface area contributed by atoms with Gasteiger partial charge in [0.05, 0.1) is 5.69 Å². The van der Waals surface area contributed by atoms with Crippen LogP contribution in [0.5, 0.6) is 0 Å². The zero-order valence-electron chi connectivity index (χ0n) is 15.2. The minimum absolute atomic E-state index is 1.00. The molecular weight excluding hydrogens is 306 g/mol. The van der Waals surface area contributed by atoms with Gasteiger partial charge in [-0.05, 0) is 62.4 Å². The second kappa shape index (κ2) is 7.84. The van der Waals surface area contributed by atoms with Crippen molar-refractivity contribution in [2.45, 2.75) is 13.8 Å². The first kappa shape index (κ1) is 17.0. The predicted octanol–water partition coefficient (Wildman–Crippen LogP) is 5.36. The van der Waals surface area contributed by atoms with E-state index in [0.29, 0.717) is 0 Å². The summed E-state index contributed by atoms with van der Waals surface area (Å²) >= 11 is 0. The Morgan fingerprint density at radius 3 is 1.80 bits per heavy atom. The number of hydrogen-bond acceptors (Lipinski definition) is 3. The van der Waals surface area contributed by atoms with E-state index in [1.54, 1.807) is 0 Å². The number of hydrogen-bond donors (Lipinski definition) is 0. The van der Waals surface area contributed by atoms with Crippen molar-refractivity contribution >= 4 is 17.1 Å². The van der Waals surface area contributed by atoms with Gasteiger partial charge in [0.15, 0.2) is 0 Å². The first-order chi connectivity index (χ1) is 12.2. The average Bonchev–Trinajstić information content (AvgIpc) is 2.70. The Labute approximate surface area is 150 Å². The molecule has 2 aromatic carbocycles. The van der Waals surface area contributed by atoms with Gasteiger partial charge in [0.2, 0.25) is 0 Å². The van der Waals surface area contributed by atoms with E-state index in [1.807, 2.05) is 24.4 Å². The van der Waals surface area contributed by atoms with Crippen molar-refractivity contribution in [1.82, 2.24) is 4.98 Å². The Balaban J connectivity index is 1.77. The highest BCUT2D eigenvalue weighted by molar-refractivity contribution is 5.68. The van der Waals surface area contributed by atoms with E-state index in [4.69, 9.17) is 0 Å². The molecule has 3 aromatic rings. The maximum atomic E-state index is 4.41. The molecule has 0 fully saturated rings. The molecule has 0 spiro atoms. The minimum Gasteiger partial charge on any atom is -0.372 e. The van der Waals surface area contributed by atoms with Crippen LogP contribution in [0.1, 0.15) is 13.8 Å². The lowest BCUT2D eigenvalue weighted by molar-refractivity contribution is 0.866. The van der Waals surface area contributed by atoms with E-state index >= 15 is 0 Å². The van der Waals surface area contributed by atoms with Crippen molar-refractivity contribution in [2.75, 3.05) is 29.9 Å². The van der Waals surface area contributed by atoms with Crippen LogP contribution in [0.3, 0.4) is 0 Å². The number of anilines is 3. The van der Waals surface area contributed by atoms with Crippen molar-refractivity contribution in [3.8, 4) is 11.3 Å². The molecule has 0 bridgehead atoms. The van der Waals surface area contributed by atoms with Gasteiger partial charge >= 0.3 is 0 Å². The summed E-state index contributed by atoms with van der Waals surface area (Å²) in [5, 5.41) is 0. The van der Waals surface area contributed by atoms with Crippen LogP contribution in [0.25, 0.3) is 11.3 Å². The predicted molar refractivity (Wildman–Crippen MR) is 108 cm³/mol. The summed E-state index contributed by atoms with van der Waals surface area (Å²) in [5.41, 5.74) is 5.75. The van der Waals surface area contributed by atoms with Crippen LogP contribution in [0, 0.1) is 0 Å². The standard InChI is InChI=1S/C22H25N3/c1-4-25(5-2)21-15-13-20(14-16-21)24(3)19-11-9-18(10-12-19)22-8-6-7-17-23-22/h6-17H,4-5H2,1-3H3. The monoisotopic (exact) mass is 331 g/mol. The first-order valence-corrected chi connectivity index (χ1v) is 8.83. The molecule has 3 nitrogen and oxygen atoms in total. The molecule has 0 aliphatic carbocycles. The number of rotatable bonds is 6. The van der Waals surface area contributed by atoms with Gasteiger partial charge in [-0.1, -0.05) is 18.2 Å². The molecule has 3 heteroatoms. The zero-order valence-corrected chi connectivity index (χ0v) is 15.2. The van der Waals surface area contributed by atoms with Gasteiger partial charge in [-0.2, -0.15) is 0 Å². The Kier molecular flexibility index (Phi) is 5.34. The third kappa shape index (κ3) is 3.82. The molecule has 0 atom stereocenters. The largest absolute Gasteiger partial charge is 0.372 e. The van der Waals surface area contributed by atoms with Crippen molar-refractivity contribution in [1.29, 1.82) is 0 Å². The van der Waals surface area contributed by atoms with Crippen molar-refractivity contribution in [3.05, 3.63) is 72.9 Å². The van der Waals surface area contributed by atoms with Crippen molar-refractivity contribution in [2.24, 2.45) is 0 Å². The number of pyridine rings is 1. The van der Waals surface area contributed by atoms with Crippen LogP contribution in [-0.4, -0.2) is 25.1 Å². The number of aromatic nitrogens is 1. The molecule has 0 aliphatic rings.